The van der Waals surface area contributed by atoms with Crippen molar-refractivity contribution in [2.75, 3.05) is 33.4 Å². The number of piperazine rings is 1. The van der Waals surface area contributed by atoms with Gasteiger partial charge in [-0.2, -0.15) is 0 Å². The number of nitrogens with zero attached hydrogens (tertiary/aromatic N) is 1. The highest BCUT2D eigenvalue weighted by molar-refractivity contribution is 5.77. The lowest BCUT2D eigenvalue weighted by Gasteiger charge is -2.36. The molecule has 0 radical (unpaired) electrons. The fraction of sp³-hybridized carbons (Fsp3) is 0.310. The smallest absolute Gasteiger partial charge is 0.343 e. The summed E-state index contributed by atoms with van der Waals surface area (Å²) in [6.07, 6.45) is 1.78. The van der Waals surface area contributed by atoms with Gasteiger partial charge in [0.25, 0.3) is 0 Å². The van der Waals surface area contributed by atoms with Gasteiger partial charge in [0.05, 0.1) is 7.11 Å². The van der Waals surface area contributed by atoms with Crippen LogP contribution >= 0.6 is 0 Å². The number of methoxy groups -OCH3 is 1. The van der Waals surface area contributed by atoms with Crippen LogP contribution in [0.5, 0.6) is 17.2 Å². The molecule has 1 fully saturated rings. The summed E-state index contributed by atoms with van der Waals surface area (Å²) in [5, 5.41) is 3.41. The van der Waals surface area contributed by atoms with Crippen LogP contribution in [0.3, 0.4) is 0 Å². The normalized spacial score (nSPS) is 15.2. The molecule has 1 amide bonds. The topological polar surface area (TPSA) is 77.1 Å². The summed E-state index contributed by atoms with van der Waals surface area (Å²) < 4.78 is 16.1. The van der Waals surface area contributed by atoms with Crippen LogP contribution in [0.25, 0.3) is 0 Å². The Morgan fingerprint density at radius 1 is 0.944 bits per heavy atom. The summed E-state index contributed by atoms with van der Waals surface area (Å²) in [5.41, 5.74) is 2.12. The Bertz CT molecular complexity index is 1130. The standard InChI is InChI=1S/C29H32N2O5/c1-34-29(33)21-35-25-14-11-22(12-15-25)19-24-20-30-17-18-31(24)28(32)16-13-23-7-5-6-10-27(23)36-26-8-3-2-4-9-26/h2-12,14-15,24,30H,13,16-21H2,1H3/t24-/m1/s1. The number of ether oxygens (including phenoxy) is 3. The molecule has 7 nitrogen and oxygen atoms in total. The summed E-state index contributed by atoms with van der Waals surface area (Å²) >= 11 is 0. The number of para-hydroxylation sites is 2. The Morgan fingerprint density at radius 2 is 1.69 bits per heavy atom. The van der Waals surface area contributed by atoms with Crippen LogP contribution < -0.4 is 14.8 Å². The third-order valence-corrected chi connectivity index (χ3v) is 6.20. The molecule has 0 spiro atoms. The molecule has 0 saturated carbocycles. The molecule has 0 unspecified atom stereocenters. The first kappa shape index (κ1) is 25.3. The summed E-state index contributed by atoms with van der Waals surface area (Å²) in [6, 6.07) is 25.3. The number of rotatable bonds is 10. The minimum atomic E-state index is -0.421. The molecular weight excluding hydrogens is 456 g/mol. The van der Waals surface area contributed by atoms with E-state index in [1.54, 1.807) is 0 Å². The molecule has 1 N–H and O–H groups in total. The van der Waals surface area contributed by atoms with Gasteiger partial charge in [0.2, 0.25) is 5.91 Å². The molecule has 1 heterocycles. The second-order valence-electron chi connectivity index (χ2n) is 8.68. The number of nitrogens with one attached hydrogen (secondary N) is 1. The van der Waals surface area contributed by atoms with E-state index in [1.807, 2.05) is 83.8 Å². The largest absolute Gasteiger partial charge is 0.482 e. The Kier molecular flexibility index (Phi) is 8.94. The third-order valence-electron chi connectivity index (χ3n) is 6.20. The van der Waals surface area contributed by atoms with Gasteiger partial charge in [-0.25, -0.2) is 4.79 Å². The van der Waals surface area contributed by atoms with E-state index in [0.29, 0.717) is 25.1 Å². The van der Waals surface area contributed by atoms with Gasteiger partial charge in [-0.3, -0.25) is 4.79 Å². The molecule has 1 saturated heterocycles. The van der Waals surface area contributed by atoms with Crippen molar-refractivity contribution in [2.45, 2.75) is 25.3 Å². The van der Waals surface area contributed by atoms with Gasteiger partial charge in [-0.05, 0) is 54.3 Å². The Labute approximate surface area is 212 Å². The van der Waals surface area contributed by atoms with Crippen molar-refractivity contribution >= 4 is 11.9 Å². The number of carbonyl (C=O) groups excluding carboxylic acids is 2. The SMILES string of the molecule is COC(=O)COc1ccc(C[C@@H]2CNCCN2C(=O)CCc2ccccc2Oc2ccccc2)cc1. The molecule has 3 aromatic carbocycles. The average Bonchev–Trinajstić information content (AvgIpc) is 2.92. The van der Waals surface area contributed by atoms with Crippen molar-refractivity contribution in [3.63, 3.8) is 0 Å². The lowest BCUT2D eigenvalue weighted by molar-refractivity contribution is -0.143. The van der Waals surface area contributed by atoms with Crippen molar-refractivity contribution in [2.24, 2.45) is 0 Å². The zero-order valence-corrected chi connectivity index (χ0v) is 20.5. The molecule has 0 aliphatic carbocycles. The molecule has 3 aromatic rings. The fourth-order valence-electron chi connectivity index (χ4n) is 4.28. The molecule has 36 heavy (non-hydrogen) atoms. The third kappa shape index (κ3) is 7.09. The van der Waals surface area contributed by atoms with Crippen molar-refractivity contribution < 1.29 is 23.8 Å². The lowest BCUT2D eigenvalue weighted by atomic mass is 10.0. The molecule has 0 bridgehead atoms. The number of hydrogen-bond donors (Lipinski definition) is 1. The monoisotopic (exact) mass is 488 g/mol. The van der Waals surface area contributed by atoms with Gasteiger partial charge in [-0.15, -0.1) is 0 Å². The first-order valence-corrected chi connectivity index (χ1v) is 12.2. The maximum atomic E-state index is 13.3. The van der Waals surface area contributed by atoms with Crippen molar-refractivity contribution in [3.05, 3.63) is 90.0 Å². The molecule has 1 atom stereocenters. The molecule has 7 heteroatoms. The van der Waals surface area contributed by atoms with Gasteiger partial charge in [0, 0.05) is 32.1 Å². The predicted molar refractivity (Wildman–Crippen MR) is 137 cm³/mol. The number of aryl methyl sites for hydroxylation is 1. The van der Waals surface area contributed by atoms with Crippen LogP contribution in [0.15, 0.2) is 78.9 Å². The first-order chi connectivity index (χ1) is 17.6. The fourth-order valence-corrected chi connectivity index (χ4v) is 4.28. The average molecular weight is 489 g/mol. The minimum absolute atomic E-state index is 0.0731. The van der Waals surface area contributed by atoms with Gasteiger partial charge in [-0.1, -0.05) is 48.5 Å². The van der Waals surface area contributed by atoms with Gasteiger partial charge < -0.3 is 24.4 Å². The minimum Gasteiger partial charge on any atom is -0.482 e. The van der Waals surface area contributed by atoms with Crippen molar-refractivity contribution in [3.8, 4) is 17.2 Å². The van der Waals surface area contributed by atoms with Crippen LogP contribution in [0.1, 0.15) is 17.5 Å². The molecular formula is C29H32N2O5. The van der Waals surface area contributed by atoms with Crippen molar-refractivity contribution in [1.82, 2.24) is 10.2 Å². The molecule has 4 rings (SSSR count). The Balaban J connectivity index is 1.34. The summed E-state index contributed by atoms with van der Waals surface area (Å²) in [4.78, 5) is 26.5. The van der Waals surface area contributed by atoms with Crippen LogP contribution in [-0.2, 0) is 27.2 Å². The second kappa shape index (κ2) is 12.7. The zero-order chi connectivity index (χ0) is 25.2. The summed E-state index contributed by atoms with van der Waals surface area (Å²) in [6.45, 7) is 2.10. The van der Waals surface area contributed by atoms with E-state index in [4.69, 9.17) is 9.47 Å². The number of benzene rings is 3. The number of hydrogen-bond acceptors (Lipinski definition) is 6. The number of esters is 1. The second-order valence-corrected chi connectivity index (χ2v) is 8.68. The maximum Gasteiger partial charge on any atom is 0.343 e. The summed E-state index contributed by atoms with van der Waals surface area (Å²) in [7, 11) is 1.33. The Morgan fingerprint density at radius 3 is 2.47 bits per heavy atom. The first-order valence-electron chi connectivity index (χ1n) is 12.2. The number of carbonyl (C=O) groups is 2. The van der Waals surface area contributed by atoms with Gasteiger partial charge in [0.1, 0.15) is 17.2 Å². The van der Waals surface area contributed by atoms with E-state index in [1.165, 1.54) is 7.11 Å². The molecule has 1 aliphatic heterocycles. The lowest BCUT2D eigenvalue weighted by Crippen LogP contribution is -2.54. The summed E-state index contributed by atoms with van der Waals surface area (Å²) in [5.74, 6) is 1.89. The highest BCUT2D eigenvalue weighted by Crippen LogP contribution is 2.26. The van der Waals surface area contributed by atoms with E-state index in [9.17, 15) is 9.59 Å². The molecule has 1 aliphatic rings. The quantitative estimate of drug-likeness (QED) is 0.435. The highest BCUT2D eigenvalue weighted by atomic mass is 16.6. The van der Waals surface area contributed by atoms with Crippen LogP contribution in [-0.4, -0.2) is 56.2 Å². The maximum absolute atomic E-state index is 13.3. The molecule has 0 aromatic heterocycles. The Hall–Kier alpha value is -3.84. The van der Waals surface area contributed by atoms with Gasteiger partial charge >= 0.3 is 5.97 Å². The van der Waals surface area contributed by atoms with Crippen LogP contribution in [0.4, 0.5) is 0 Å². The van der Waals surface area contributed by atoms with Crippen LogP contribution in [0, 0.1) is 0 Å². The predicted octanol–water partition coefficient (Wildman–Crippen LogP) is 4.01. The van der Waals surface area contributed by atoms with E-state index in [0.717, 1.165) is 42.1 Å². The van der Waals surface area contributed by atoms with E-state index in [2.05, 4.69) is 10.1 Å². The van der Waals surface area contributed by atoms with E-state index in [-0.39, 0.29) is 18.6 Å². The molecule has 188 valence electrons. The van der Waals surface area contributed by atoms with E-state index < -0.39 is 5.97 Å². The van der Waals surface area contributed by atoms with Gasteiger partial charge in [0.15, 0.2) is 6.61 Å². The van der Waals surface area contributed by atoms with Crippen molar-refractivity contribution in [1.29, 1.82) is 0 Å². The van der Waals surface area contributed by atoms with Crippen LogP contribution in [0.2, 0.25) is 0 Å². The van der Waals surface area contributed by atoms with E-state index >= 15 is 0 Å². The number of amides is 1. The highest BCUT2D eigenvalue weighted by Gasteiger charge is 2.26. The zero-order valence-electron chi connectivity index (χ0n) is 20.5.